The average Bonchev–Trinajstić information content (AvgIpc) is 3.13. The molecule has 1 N–H and O–H groups in total. The van der Waals surface area contributed by atoms with Gasteiger partial charge in [0.15, 0.2) is 0 Å². The van der Waals surface area contributed by atoms with Crippen LogP contribution in [0.15, 0.2) is 58.5 Å². The number of rotatable bonds is 5. The first-order chi connectivity index (χ1) is 12.5. The number of carbonyl (C=O) groups is 1. The fourth-order valence-corrected chi connectivity index (χ4v) is 4.57. The Morgan fingerprint density at radius 3 is 2.73 bits per heavy atom. The van der Waals surface area contributed by atoms with Crippen LogP contribution in [0.3, 0.4) is 0 Å². The number of nitrogens with zero attached hydrogens (tertiary/aromatic N) is 3. The minimum atomic E-state index is -3.71. The monoisotopic (exact) mass is 372 g/mol. The molecular weight excluding hydrogens is 352 g/mol. The van der Waals surface area contributed by atoms with Crippen molar-refractivity contribution in [1.29, 1.82) is 0 Å². The van der Waals surface area contributed by atoms with Gasteiger partial charge in [0.1, 0.15) is 6.04 Å². The van der Waals surface area contributed by atoms with Gasteiger partial charge < -0.3 is 0 Å². The highest BCUT2D eigenvalue weighted by molar-refractivity contribution is 7.89. The van der Waals surface area contributed by atoms with Crippen LogP contribution in [0.5, 0.6) is 0 Å². The lowest BCUT2D eigenvalue weighted by molar-refractivity contribution is -0.124. The average molecular weight is 372 g/mol. The molecule has 1 aliphatic heterocycles. The first kappa shape index (κ1) is 18.2. The highest BCUT2D eigenvalue weighted by atomic mass is 32.2. The van der Waals surface area contributed by atoms with E-state index in [0.29, 0.717) is 25.1 Å². The zero-order chi connectivity index (χ0) is 18.6. The summed E-state index contributed by atoms with van der Waals surface area (Å²) in [6.45, 7) is 2.18. The summed E-state index contributed by atoms with van der Waals surface area (Å²) in [6.07, 6.45) is 2.54. The highest BCUT2D eigenvalue weighted by Crippen LogP contribution is 2.26. The molecule has 3 rings (SSSR count). The van der Waals surface area contributed by atoms with Crippen molar-refractivity contribution in [2.75, 3.05) is 6.54 Å². The second-order valence-electron chi connectivity index (χ2n) is 6.02. The second-order valence-corrected chi connectivity index (χ2v) is 7.92. The summed E-state index contributed by atoms with van der Waals surface area (Å²) in [4.78, 5) is 16.9. The van der Waals surface area contributed by atoms with Gasteiger partial charge in [-0.2, -0.15) is 9.41 Å². The van der Waals surface area contributed by atoms with E-state index in [1.54, 1.807) is 24.3 Å². The quantitative estimate of drug-likeness (QED) is 0.639. The summed E-state index contributed by atoms with van der Waals surface area (Å²) in [5.74, 6) is -0.439. The maximum atomic E-state index is 12.8. The van der Waals surface area contributed by atoms with Crippen LogP contribution in [-0.2, 0) is 14.8 Å². The molecule has 0 saturated carbocycles. The molecule has 136 valence electrons. The van der Waals surface area contributed by atoms with Gasteiger partial charge in [-0.05, 0) is 44.0 Å². The van der Waals surface area contributed by atoms with E-state index in [1.165, 1.54) is 22.7 Å². The summed E-state index contributed by atoms with van der Waals surface area (Å²) >= 11 is 0. The van der Waals surface area contributed by atoms with Gasteiger partial charge in [-0.1, -0.05) is 24.3 Å². The third-order valence-corrected chi connectivity index (χ3v) is 6.06. The van der Waals surface area contributed by atoms with Crippen LogP contribution in [-0.4, -0.2) is 42.4 Å². The van der Waals surface area contributed by atoms with Gasteiger partial charge in [0, 0.05) is 12.2 Å². The van der Waals surface area contributed by atoms with Crippen LogP contribution in [0.25, 0.3) is 0 Å². The van der Waals surface area contributed by atoms with E-state index in [1.807, 2.05) is 19.1 Å². The Kier molecular flexibility index (Phi) is 5.43. The minimum absolute atomic E-state index is 0.187. The van der Waals surface area contributed by atoms with Crippen molar-refractivity contribution in [3.05, 3.63) is 59.9 Å². The third-order valence-electron chi connectivity index (χ3n) is 4.14. The van der Waals surface area contributed by atoms with Crippen LogP contribution < -0.4 is 5.43 Å². The van der Waals surface area contributed by atoms with Crippen LogP contribution in [0.2, 0.25) is 0 Å². The number of hydrazone groups is 1. The molecule has 8 heteroatoms. The molecule has 7 nitrogen and oxygen atoms in total. The van der Waals surface area contributed by atoms with Gasteiger partial charge >= 0.3 is 0 Å². The summed E-state index contributed by atoms with van der Waals surface area (Å²) in [5.41, 5.74) is 3.89. The first-order valence-corrected chi connectivity index (χ1v) is 9.76. The van der Waals surface area contributed by atoms with E-state index < -0.39 is 22.0 Å². The van der Waals surface area contributed by atoms with Gasteiger partial charge in [0.2, 0.25) is 10.0 Å². The summed E-state index contributed by atoms with van der Waals surface area (Å²) < 4.78 is 26.8. The number of nitrogens with one attached hydrogen (secondary N) is 1. The van der Waals surface area contributed by atoms with Crippen LogP contribution in [0.4, 0.5) is 0 Å². The lowest BCUT2D eigenvalue weighted by atomic mass is 10.2. The fraction of sp³-hybridized carbons (Fsp3) is 0.278. The van der Waals surface area contributed by atoms with Crippen molar-refractivity contribution in [3.63, 3.8) is 0 Å². The van der Waals surface area contributed by atoms with Crippen molar-refractivity contribution in [3.8, 4) is 0 Å². The van der Waals surface area contributed by atoms with E-state index >= 15 is 0 Å². The molecule has 1 fully saturated rings. The number of amides is 1. The Bertz CT molecular complexity index is 913. The molecule has 1 aromatic carbocycles. The van der Waals surface area contributed by atoms with Gasteiger partial charge in [-0.3, -0.25) is 9.78 Å². The van der Waals surface area contributed by atoms with Gasteiger partial charge in [-0.25, -0.2) is 13.8 Å². The fourth-order valence-electron chi connectivity index (χ4n) is 2.89. The molecule has 1 saturated heterocycles. The third kappa shape index (κ3) is 3.97. The molecular formula is C18H20N4O3S. The Labute approximate surface area is 152 Å². The number of hydrogen-bond donors (Lipinski definition) is 1. The Morgan fingerprint density at radius 2 is 2.00 bits per heavy atom. The second kappa shape index (κ2) is 7.76. The number of aryl methyl sites for hydroxylation is 1. The van der Waals surface area contributed by atoms with E-state index in [-0.39, 0.29) is 4.90 Å². The molecule has 2 aromatic rings. The number of sulfonamides is 1. The van der Waals surface area contributed by atoms with E-state index in [9.17, 15) is 13.2 Å². The largest absolute Gasteiger partial charge is 0.271 e. The maximum absolute atomic E-state index is 12.8. The molecule has 2 heterocycles. The minimum Gasteiger partial charge on any atom is -0.271 e. The van der Waals surface area contributed by atoms with E-state index in [0.717, 1.165) is 5.69 Å². The number of pyridine rings is 1. The Hall–Kier alpha value is -2.58. The normalized spacial score (nSPS) is 18.3. The van der Waals surface area contributed by atoms with Gasteiger partial charge in [-0.15, -0.1) is 0 Å². The van der Waals surface area contributed by atoms with Crippen LogP contribution >= 0.6 is 0 Å². The molecule has 0 spiro atoms. The number of hydrogen-bond acceptors (Lipinski definition) is 5. The molecule has 1 aromatic heterocycles. The summed E-state index contributed by atoms with van der Waals surface area (Å²) in [6, 6.07) is 12.9. The number of benzene rings is 1. The Morgan fingerprint density at radius 1 is 1.23 bits per heavy atom. The van der Waals surface area contributed by atoms with Crippen molar-refractivity contribution >= 4 is 22.1 Å². The standard InChI is InChI=1S/C18H20N4O3S/c1-14-7-5-8-15(20-14)13-19-21-18(23)17-11-6-12-22(17)26(24,25)16-9-3-2-4-10-16/h2-5,7-10,13,17H,6,11-12H2,1H3,(H,21,23)/b19-13-/t17-/m0/s1. The maximum Gasteiger partial charge on any atom is 0.258 e. The van der Waals surface area contributed by atoms with Crippen molar-refractivity contribution in [2.24, 2.45) is 5.10 Å². The molecule has 0 unspecified atom stereocenters. The topological polar surface area (TPSA) is 91.7 Å². The lowest BCUT2D eigenvalue weighted by Crippen LogP contribution is -2.44. The van der Waals surface area contributed by atoms with Gasteiger partial charge in [0.25, 0.3) is 5.91 Å². The Balaban J connectivity index is 1.71. The first-order valence-electron chi connectivity index (χ1n) is 8.32. The molecule has 1 aliphatic rings. The van der Waals surface area contributed by atoms with E-state index in [4.69, 9.17) is 0 Å². The smallest absolute Gasteiger partial charge is 0.258 e. The SMILES string of the molecule is Cc1cccc(/C=N\NC(=O)[C@@H]2CCCN2S(=O)(=O)c2ccccc2)n1. The zero-order valence-corrected chi connectivity index (χ0v) is 15.2. The van der Waals surface area contributed by atoms with E-state index in [2.05, 4.69) is 15.5 Å². The van der Waals surface area contributed by atoms with Crippen molar-refractivity contribution < 1.29 is 13.2 Å². The molecule has 1 atom stereocenters. The number of aromatic nitrogens is 1. The lowest BCUT2D eigenvalue weighted by Gasteiger charge is -2.22. The zero-order valence-electron chi connectivity index (χ0n) is 14.4. The molecule has 0 radical (unpaired) electrons. The summed E-state index contributed by atoms with van der Waals surface area (Å²) in [7, 11) is -3.71. The van der Waals surface area contributed by atoms with Crippen molar-refractivity contribution in [1.82, 2.24) is 14.7 Å². The molecule has 0 aliphatic carbocycles. The van der Waals surface area contributed by atoms with Crippen LogP contribution in [0, 0.1) is 6.92 Å². The predicted molar refractivity (Wildman–Crippen MR) is 98.1 cm³/mol. The molecule has 0 bridgehead atoms. The molecule has 1 amide bonds. The highest BCUT2D eigenvalue weighted by Gasteiger charge is 2.39. The molecule has 26 heavy (non-hydrogen) atoms. The predicted octanol–water partition coefficient (Wildman–Crippen LogP) is 1.69. The van der Waals surface area contributed by atoms with Crippen LogP contribution in [0.1, 0.15) is 24.2 Å². The number of carbonyl (C=O) groups excluding carboxylic acids is 1. The van der Waals surface area contributed by atoms with Crippen molar-refractivity contribution in [2.45, 2.75) is 30.7 Å². The summed E-state index contributed by atoms with van der Waals surface area (Å²) in [5, 5.41) is 3.91. The van der Waals surface area contributed by atoms with Gasteiger partial charge in [0.05, 0.1) is 16.8 Å².